The molecule has 4 nitrogen and oxygen atoms in total. The second-order valence-electron chi connectivity index (χ2n) is 4.72. The minimum Gasteiger partial charge on any atom is -0.494 e. The Morgan fingerprint density at radius 2 is 1.95 bits per heavy atom. The van der Waals surface area contributed by atoms with Crippen molar-refractivity contribution >= 4 is 34.3 Å². The molecule has 5 heteroatoms. The van der Waals surface area contributed by atoms with Gasteiger partial charge in [0, 0.05) is 15.8 Å². The van der Waals surface area contributed by atoms with Crippen LogP contribution in [0.25, 0.3) is 0 Å². The highest BCUT2D eigenvalue weighted by Crippen LogP contribution is 2.13. The molecule has 2 aromatic carbocycles. The molecule has 2 aromatic rings. The maximum absolute atomic E-state index is 11.8. The van der Waals surface area contributed by atoms with E-state index in [-0.39, 0.29) is 6.03 Å². The van der Waals surface area contributed by atoms with E-state index in [4.69, 9.17) is 4.74 Å². The normalized spacial score (nSPS) is 10.1. The van der Waals surface area contributed by atoms with Crippen LogP contribution in [-0.2, 0) is 6.42 Å². The number of hydrogen-bond donors (Lipinski definition) is 2. The van der Waals surface area contributed by atoms with Crippen molar-refractivity contribution < 1.29 is 9.53 Å². The number of carbonyl (C=O) groups excluding carboxylic acids is 1. The topological polar surface area (TPSA) is 50.4 Å². The summed E-state index contributed by atoms with van der Waals surface area (Å²) in [5.74, 6) is 0.871. The molecule has 0 heterocycles. The molecule has 0 unspecified atom stereocenters. The number of rotatable bonds is 6. The van der Waals surface area contributed by atoms with E-state index in [0.29, 0.717) is 13.2 Å². The van der Waals surface area contributed by atoms with Gasteiger partial charge in [-0.15, -0.1) is 0 Å². The summed E-state index contributed by atoms with van der Waals surface area (Å²) in [6.45, 7) is 3.22. The van der Waals surface area contributed by atoms with Gasteiger partial charge in [0.2, 0.25) is 0 Å². The molecule has 0 aromatic heterocycles. The molecule has 0 aliphatic heterocycles. The quantitative estimate of drug-likeness (QED) is 0.706. The third-order valence-electron chi connectivity index (χ3n) is 3.02. The van der Waals surface area contributed by atoms with E-state index >= 15 is 0 Å². The maximum atomic E-state index is 11.8. The molecule has 0 saturated carbocycles. The van der Waals surface area contributed by atoms with Gasteiger partial charge in [-0.1, -0.05) is 18.2 Å². The lowest BCUT2D eigenvalue weighted by Crippen LogP contribution is -2.30. The van der Waals surface area contributed by atoms with Gasteiger partial charge in [-0.05, 0) is 71.8 Å². The minimum atomic E-state index is -0.187. The number of halogens is 1. The Labute approximate surface area is 144 Å². The van der Waals surface area contributed by atoms with Crippen LogP contribution in [0.4, 0.5) is 10.5 Å². The molecular weight excluding hydrogens is 391 g/mol. The molecule has 0 fully saturated rings. The number of nitrogens with one attached hydrogen (secondary N) is 2. The molecule has 0 aliphatic rings. The Balaban J connectivity index is 1.74. The Bertz CT molecular complexity index is 614. The van der Waals surface area contributed by atoms with E-state index in [1.165, 1.54) is 0 Å². The van der Waals surface area contributed by atoms with Crippen LogP contribution in [-0.4, -0.2) is 19.2 Å². The number of hydrogen-bond acceptors (Lipinski definition) is 2. The first-order valence-electron chi connectivity index (χ1n) is 7.19. The number of urea groups is 1. The van der Waals surface area contributed by atoms with E-state index in [1.807, 2.05) is 55.5 Å². The van der Waals surface area contributed by atoms with Crippen molar-refractivity contribution in [3.05, 3.63) is 57.7 Å². The Morgan fingerprint density at radius 1 is 1.18 bits per heavy atom. The largest absolute Gasteiger partial charge is 0.494 e. The van der Waals surface area contributed by atoms with Crippen molar-refractivity contribution in [3.63, 3.8) is 0 Å². The molecule has 0 radical (unpaired) electrons. The zero-order valence-corrected chi connectivity index (χ0v) is 14.6. The molecular formula is C17H19IN2O2. The van der Waals surface area contributed by atoms with Crippen LogP contribution < -0.4 is 15.4 Å². The van der Waals surface area contributed by atoms with Gasteiger partial charge in [0.15, 0.2) is 0 Å². The predicted molar refractivity (Wildman–Crippen MR) is 97.5 cm³/mol. The molecule has 2 amide bonds. The first kappa shape index (κ1) is 16.6. The van der Waals surface area contributed by atoms with E-state index in [2.05, 4.69) is 33.2 Å². The Kier molecular flexibility index (Phi) is 6.51. The average Bonchev–Trinajstić information content (AvgIpc) is 2.49. The van der Waals surface area contributed by atoms with Crippen molar-refractivity contribution in [1.29, 1.82) is 0 Å². The number of carbonyl (C=O) groups is 1. The predicted octanol–water partition coefficient (Wildman–Crippen LogP) is 4.05. The summed E-state index contributed by atoms with van der Waals surface area (Å²) in [6, 6.07) is 15.4. The van der Waals surface area contributed by atoms with Gasteiger partial charge < -0.3 is 15.4 Å². The summed E-state index contributed by atoms with van der Waals surface area (Å²) in [5, 5.41) is 5.68. The monoisotopic (exact) mass is 410 g/mol. The Morgan fingerprint density at radius 3 is 2.64 bits per heavy atom. The second-order valence-corrected chi connectivity index (χ2v) is 5.96. The summed E-state index contributed by atoms with van der Waals surface area (Å²) < 4.78 is 6.49. The highest BCUT2D eigenvalue weighted by molar-refractivity contribution is 14.1. The van der Waals surface area contributed by atoms with Crippen LogP contribution in [0.2, 0.25) is 0 Å². The van der Waals surface area contributed by atoms with Gasteiger partial charge in [-0.3, -0.25) is 0 Å². The molecule has 2 rings (SSSR count). The van der Waals surface area contributed by atoms with Gasteiger partial charge in [-0.25, -0.2) is 4.79 Å². The number of amides is 2. The van der Waals surface area contributed by atoms with Crippen molar-refractivity contribution in [2.24, 2.45) is 0 Å². The van der Waals surface area contributed by atoms with Crippen molar-refractivity contribution in [3.8, 4) is 5.75 Å². The van der Waals surface area contributed by atoms with Gasteiger partial charge in [-0.2, -0.15) is 0 Å². The molecule has 0 bridgehead atoms. The average molecular weight is 410 g/mol. The molecule has 116 valence electrons. The number of ether oxygens (including phenoxy) is 1. The maximum Gasteiger partial charge on any atom is 0.319 e. The molecule has 22 heavy (non-hydrogen) atoms. The zero-order valence-electron chi connectivity index (χ0n) is 12.4. The smallest absolute Gasteiger partial charge is 0.319 e. The van der Waals surface area contributed by atoms with Crippen LogP contribution >= 0.6 is 22.6 Å². The lowest BCUT2D eigenvalue weighted by atomic mass is 10.1. The summed E-state index contributed by atoms with van der Waals surface area (Å²) >= 11 is 2.22. The van der Waals surface area contributed by atoms with Gasteiger partial charge in [0.25, 0.3) is 0 Å². The summed E-state index contributed by atoms with van der Waals surface area (Å²) in [7, 11) is 0. The van der Waals surface area contributed by atoms with Gasteiger partial charge >= 0.3 is 6.03 Å². The highest BCUT2D eigenvalue weighted by atomic mass is 127. The van der Waals surface area contributed by atoms with Crippen LogP contribution in [0.3, 0.4) is 0 Å². The van der Waals surface area contributed by atoms with Crippen molar-refractivity contribution in [2.75, 3.05) is 18.5 Å². The van der Waals surface area contributed by atoms with Crippen LogP contribution in [0.1, 0.15) is 12.5 Å². The van der Waals surface area contributed by atoms with Crippen LogP contribution in [0.5, 0.6) is 5.75 Å². The van der Waals surface area contributed by atoms with E-state index in [0.717, 1.165) is 27.0 Å². The lowest BCUT2D eigenvalue weighted by Gasteiger charge is -2.08. The minimum absolute atomic E-state index is 0.187. The molecule has 0 atom stereocenters. The lowest BCUT2D eigenvalue weighted by molar-refractivity contribution is 0.252. The number of anilines is 1. The highest BCUT2D eigenvalue weighted by Gasteiger charge is 2.02. The molecule has 2 N–H and O–H groups in total. The summed E-state index contributed by atoms with van der Waals surface area (Å²) in [6.07, 6.45) is 0.784. The second kappa shape index (κ2) is 8.63. The SMILES string of the molecule is CCOc1ccc(CCNC(=O)Nc2cccc(I)c2)cc1. The standard InChI is InChI=1S/C17H19IN2O2/c1-2-22-16-8-6-13(7-9-16)10-11-19-17(21)20-15-5-3-4-14(18)12-15/h3-9,12H,2,10-11H2,1H3,(H2,19,20,21). The molecule has 0 spiro atoms. The fraction of sp³-hybridized carbons (Fsp3) is 0.235. The first-order valence-corrected chi connectivity index (χ1v) is 8.27. The van der Waals surface area contributed by atoms with Gasteiger partial charge in [0.1, 0.15) is 5.75 Å². The van der Waals surface area contributed by atoms with Crippen molar-refractivity contribution in [2.45, 2.75) is 13.3 Å². The third-order valence-corrected chi connectivity index (χ3v) is 3.69. The third kappa shape index (κ3) is 5.55. The van der Waals surface area contributed by atoms with E-state index in [1.54, 1.807) is 0 Å². The Hall–Kier alpha value is -1.76. The van der Waals surface area contributed by atoms with Gasteiger partial charge in [0.05, 0.1) is 6.61 Å². The molecule has 0 saturated heterocycles. The van der Waals surface area contributed by atoms with Crippen LogP contribution in [0, 0.1) is 3.57 Å². The van der Waals surface area contributed by atoms with E-state index < -0.39 is 0 Å². The van der Waals surface area contributed by atoms with Crippen LogP contribution in [0.15, 0.2) is 48.5 Å². The zero-order chi connectivity index (χ0) is 15.8. The van der Waals surface area contributed by atoms with Crippen molar-refractivity contribution in [1.82, 2.24) is 5.32 Å². The molecule has 0 aliphatic carbocycles. The van der Waals surface area contributed by atoms with E-state index in [9.17, 15) is 4.79 Å². The number of benzene rings is 2. The fourth-order valence-corrected chi connectivity index (χ4v) is 2.52. The summed E-state index contributed by atoms with van der Waals surface area (Å²) in [4.78, 5) is 11.8. The first-order chi connectivity index (χ1) is 10.7. The summed E-state index contributed by atoms with van der Waals surface area (Å²) in [5.41, 5.74) is 1.96. The fourth-order valence-electron chi connectivity index (χ4n) is 1.98.